The number of para-hydroxylation sites is 1. The lowest BCUT2D eigenvalue weighted by Gasteiger charge is -2.11. The first kappa shape index (κ1) is 18.4. The Morgan fingerprint density at radius 3 is 2.30 bits per heavy atom. The van der Waals surface area contributed by atoms with Gasteiger partial charge in [0.2, 0.25) is 0 Å². The zero-order valence-corrected chi connectivity index (χ0v) is 15.6. The van der Waals surface area contributed by atoms with E-state index < -0.39 is 0 Å². The normalized spacial score (nSPS) is 10.3. The van der Waals surface area contributed by atoms with Crippen LogP contribution in [0.15, 0.2) is 54.9 Å². The second-order valence-corrected chi connectivity index (χ2v) is 6.09. The first-order chi connectivity index (χ1) is 13.1. The molecule has 0 aliphatic rings. The van der Waals surface area contributed by atoms with Crippen LogP contribution in [0, 0.1) is 13.8 Å². The van der Waals surface area contributed by atoms with Crippen molar-refractivity contribution in [2.75, 3.05) is 17.2 Å². The maximum absolute atomic E-state index is 12.4. The van der Waals surface area contributed by atoms with Crippen molar-refractivity contribution in [3.8, 4) is 5.75 Å². The van der Waals surface area contributed by atoms with Crippen molar-refractivity contribution in [3.05, 3.63) is 71.7 Å². The molecule has 0 atom stereocenters. The number of rotatable bonds is 6. The molecule has 1 heterocycles. The standard InChI is InChI=1S/C21H22N4O2/c1-4-27-17-10-8-16(9-11-17)24-19-13-22-18(12-23-19)21(26)25-20-14(2)6-5-7-15(20)3/h5-13H,4H2,1-3H3,(H,23,24)(H,25,26). The number of amides is 1. The van der Waals surface area contributed by atoms with Gasteiger partial charge in [0, 0.05) is 11.4 Å². The Bertz CT molecular complexity index is 902. The van der Waals surface area contributed by atoms with Gasteiger partial charge in [0.25, 0.3) is 5.91 Å². The summed E-state index contributed by atoms with van der Waals surface area (Å²) in [5, 5.41) is 6.05. The molecule has 6 heteroatoms. The van der Waals surface area contributed by atoms with Gasteiger partial charge < -0.3 is 15.4 Å². The van der Waals surface area contributed by atoms with Crippen LogP contribution >= 0.6 is 0 Å². The van der Waals surface area contributed by atoms with Gasteiger partial charge in [-0.3, -0.25) is 4.79 Å². The van der Waals surface area contributed by atoms with Crippen LogP contribution in [0.25, 0.3) is 0 Å². The molecule has 3 rings (SSSR count). The molecule has 0 fully saturated rings. The largest absolute Gasteiger partial charge is 0.494 e. The Balaban J connectivity index is 1.66. The van der Waals surface area contributed by atoms with Crippen molar-refractivity contribution in [2.45, 2.75) is 20.8 Å². The molecule has 0 aliphatic heterocycles. The molecule has 0 bridgehead atoms. The zero-order chi connectivity index (χ0) is 19.2. The molecule has 0 unspecified atom stereocenters. The first-order valence-corrected chi connectivity index (χ1v) is 8.76. The Morgan fingerprint density at radius 2 is 1.70 bits per heavy atom. The smallest absolute Gasteiger partial charge is 0.275 e. The molecule has 0 spiro atoms. The van der Waals surface area contributed by atoms with Crippen LogP contribution in [0.2, 0.25) is 0 Å². The van der Waals surface area contributed by atoms with E-state index in [0.29, 0.717) is 12.4 Å². The fourth-order valence-corrected chi connectivity index (χ4v) is 2.65. The van der Waals surface area contributed by atoms with Gasteiger partial charge in [-0.25, -0.2) is 9.97 Å². The van der Waals surface area contributed by atoms with Crippen molar-refractivity contribution in [3.63, 3.8) is 0 Å². The Labute approximate surface area is 158 Å². The molecule has 0 saturated carbocycles. The number of aromatic nitrogens is 2. The average Bonchev–Trinajstić information content (AvgIpc) is 2.67. The molecular formula is C21H22N4O2. The van der Waals surface area contributed by atoms with E-state index in [1.807, 2.05) is 63.2 Å². The fourth-order valence-electron chi connectivity index (χ4n) is 2.65. The highest BCUT2D eigenvalue weighted by molar-refractivity contribution is 6.03. The highest BCUT2D eigenvalue weighted by atomic mass is 16.5. The van der Waals surface area contributed by atoms with Crippen LogP contribution in [0.3, 0.4) is 0 Å². The van der Waals surface area contributed by atoms with E-state index in [1.54, 1.807) is 0 Å². The summed E-state index contributed by atoms with van der Waals surface area (Å²) in [5.74, 6) is 1.09. The molecule has 6 nitrogen and oxygen atoms in total. The van der Waals surface area contributed by atoms with E-state index in [-0.39, 0.29) is 11.6 Å². The second kappa shape index (κ2) is 8.31. The molecule has 2 N–H and O–H groups in total. The van der Waals surface area contributed by atoms with Crippen molar-refractivity contribution < 1.29 is 9.53 Å². The number of nitrogens with one attached hydrogen (secondary N) is 2. The molecule has 1 amide bonds. The van der Waals surface area contributed by atoms with Gasteiger partial charge in [-0.05, 0) is 56.2 Å². The Hall–Kier alpha value is -3.41. The van der Waals surface area contributed by atoms with Crippen LogP contribution in [0.4, 0.5) is 17.2 Å². The summed E-state index contributed by atoms with van der Waals surface area (Å²) < 4.78 is 5.42. The lowest BCUT2D eigenvalue weighted by atomic mass is 10.1. The average molecular weight is 362 g/mol. The Kier molecular flexibility index (Phi) is 5.66. The first-order valence-electron chi connectivity index (χ1n) is 8.76. The van der Waals surface area contributed by atoms with Gasteiger partial charge in [0.05, 0.1) is 19.0 Å². The van der Waals surface area contributed by atoms with E-state index >= 15 is 0 Å². The van der Waals surface area contributed by atoms with E-state index in [1.165, 1.54) is 12.4 Å². The van der Waals surface area contributed by atoms with Gasteiger partial charge in [-0.1, -0.05) is 18.2 Å². The summed E-state index contributed by atoms with van der Waals surface area (Å²) in [4.78, 5) is 20.9. The van der Waals surface area contributed by atoms with Crippen LogP contribution in [0.1, 0.15) is 28.5 Å². The molecular weight excluding hydrogens is 340 g/mol. The number of carbonyl (C=O) groups is 1. The highest BCUT2D eigenvalue weighted by Gasteiger charge is 2.11. The van der Waals surface area contributed by atoms with Gasteiger partial charge in [0.1, 0.15) is 17.3 Å². The van der Waals surface area contributed by atoms with Crippen molar-refractivity contribution >= 4 is 23.1 Å². The van der Waals surface area contributed by atoms with Crippen molar-refractivity contribution in [2.24, 2.45) is 0 Å². The topological polar surface area (TPSA) is 76.1 Å². The van der Waals surface area contributed by atoms with E-state index in [9.17, 15) is 4.79 Å². The van der Waals surface area contributed by atoms with Crippen molar-refractivity contribution in [1.29, 1.82) is 0 Å². The summed E-state index contributed by atoms with van der Waals surface area (Å²) in [6, 6.07) is 13.4. The third-order valence-electron chi connectivity index (χ3n) is 4.04. The number of ether oxygens (including phenoxy) is 1. The van der Waals surface area contributed by atoms with Gasteiger partial charge in [0.15, 0.2) is 0 Å². The SMILES string of the molecule is CCOc1ccc(Nc2cnc(C(=O)Nc3c(C)cccc3C)cn2)cc1. The summed E-state index contributed by atoms with van der Waals surface area (Å²) in [6.07, 6.45) is 3.00. The van der Waals surface area contributed by atoms with E-state index in [0.717, 1.165) is 28.3 Å². The number of benzene rings is 2. The van der Waals surface area contributed by atoms with Crippen LogP contribution in [-0.2, 0) is 0 Å². The zero-order valence-electron chi connectivity index (χ0n) is 15.6. The van der Waals surface area contributed by atoms with E-state index in [2.05, 4.69) is 20.6 Å². The number of anilines is 3. The molecule has 0 radical (unpaired) electrons. The number of carbonyl (C=O) groups excluding carboxylic acids is 1. The van der Waals surface area contributed by atoms with Crippen LogP contribution < -0.4 is 15.4 Å². The lowest BCUT2D eigenvalue weighted by Crippen LogP contribution is -2.15. The maximum Gasteiger partial charge on any atom is 0.275 e. The van der Waals surface area contributed by atoms with Gasteiger partial charge in [-0.2, -0.15) is 0 Å². The lowest BCUT2D eigenvalue weighted by molar-refractivity contribution is 0.102. The minimum Gasteiger partial charge on any atom is -0.494 e. The third-order valence-corrected chi connectivity index (χ3v) is 4.04. The Morgan fingerprint density at radius 1 is 1.00 bits per heavy atom. The van der Waals surface area contributed by atoms with Crippen LogP contribution in [0.5, 0.6) is 5.75 Å². The van der Waals surface area contributed by atoms with Gasteiger partial charge >= 0.3 is 0 Å². The minimum absolute atomic E-state index is 0.259. The summed E-state index contributed by atoms with van der Waals surface area (Å²) in [6.45, 7) is 6.49. The monoisotopic (exact) mass is 362 g/mol. The summed E-state index contributed by atoms with van der Waals surface area (Å²) in [7, 11) is 0. The molecule has 0 aliphatic carbocycles. The van der Waals surface area contributed by atoms with Gasteiger partial charge in [-0.15, -0.1) is 0 Å². The predicted octanol–water partition coefficient (Wildman–Crippen LogP) is 4.49. The highest BCUT2D eigenvalue weighted by Crippen LogP contribution is 2.21. The number of hydrogen-bond acceptors (Lipinski definition) is 5. The minimum atomic E-state index is -0.285. The quantitative estimate of drug-likeness (QED) is 0.676. The number of nitrogens with zero attached hydrogens (tertiary/aromatic N) is 2. The molecule has 138 valence electrons. The number of aryl methyl sites for hydroxylation is 2. The molecule has 0 saturated heterocycles. The predicted molar refractivity (Wildman–Crippen MR) is 107 cm³/mol. The summed E-state index contributed by atoms with van der Waals surface area (Å²) in [5.41, 5.74) is 3.94. The van der Waals surface area contributed by atoms with Crippen molar-refractivity contribution in [1.82, 2.24) is 9.97 Å². The third kappa shape index (κ3) is 4.61. The molecule has 27 heavy (non-hydrogen) atoms. The summed E-state index contributed by atoms with van der Waals surface area (Å²) >= 11 is 0. The fraction of sp³-hybridized carbons (Fsp3) is 0.190. The number of hydrogen-bond donors (Lipinski definition) is 2. The second-order valence-electron chi connectivity index (χ2n) is 6.09. The van der Waals surface area contributed by atoms with Crippen LogP contribution in [-0.4, -0.2) is 22.5 Å². The molecule has 3 aromatic rings. The van der Waals surface area contributed by atoms with E-state index in [4.69, 9.17) is 4.74 Å². The molecule has 1 aromatic heterocycles. The maximum atomic E-state index is 12.4. The molecule has 2 aromatic carbocycles.